The van der Waals surface area contributed by atoms with E-state index in [0.717, 1.165) is 6.07 Å². The summed E-state index contributed by atoms with van der Waals surface area (Å²) >= 11 is 0. The number of aromatic nitrogens is 2. The molecular weight excluding hydrogens is 470 g/mol. The van der Waals surface area contributed by atoms with E-state index in [9.17, 15) is 32.9 Å². The van der Waals surface area contributed by atoms with Crippen LogP contribution in [0.2, 0.25) is 0 Å². The molecule has 13 nitrogen and oxygen atoms in total. The van der Waals surface area contributed by atoms with Crippen LogP contribution in [0.4, 0.5) is 11.5 Å². The molecule has 1 fully saturated rings. The molecule has 2 atom stereocenters. The van der Waals surface area contributed by atoms with Crippen molar-refractivity contribution in [3.63, 3.8) is 0 Å². The van der Waals surface area contributed by atoms with Crippen LogP contribution in [0.15, 0.2) is 30.3 Å². The fourth-order valence-electron chi connectivity index (χ4n) is 3.40. The van der Waals surface area contributed by atoms with Crippen molar-refractivity contribution in [2.75, 3.05) is 23.4 Å². The highest BCUT2D eigenvalue weighted by Gasteiger charge is 2.31. The highest BCUT2D eigenvalue weighted by atomic mass is 32.2. The van der Waals surface area contributed by atoms with E-state index in [1.165, 1.54) is 29.8 Å². The number of rotatable bonds is 8. The van der Waals surface area contributed by atoms with Crippen molar-refractivity contribution in [1.82, 2.24) is 15.1 Å². The first-order valence-electron chi connectivity index (χ1n) is 10.2. The van der Waals surface area contributed by atoms with Gasteiger partial charge in [-0.3, -0.25) is 19.7 Å². The normalized spacial score (nSPS) is 17.5. The minimum atomic E-state index is -3.16. The minimum Gasteiger partial charge on any atom is -0.454 e. The summed E-state index contributed by atoms with van der Waals surface area (Å²) in [4.78, 5) is 46.9. The first-order valence-corrected chi connectivity index (χ1v) is 12.1. The van der Waals surface area contributed by atoms with Crippen LogP contribution in [0.1, 0.15) is 35.4 Å². The van der Waals surface area contributed by atoms with E-state index in [2.05, 4.69) is 15.7 Å². The van der Waals surface area contributed by atoms with E-state index in [-0.39, 0.29) is 28.6 Å². The second kappa shape index (κ2) is 9.99. The summed E-state index contributed by atoms with van der Waals surface area (Å²) in [6, 6.07) is 5.04. The number of nitro benzene ring substituents is 1. The highest BCUT2D eigenvalue weighted by Crippen LogP contribution is 2.27. The molecule has 14 heteroatoms. The molecule has 1 aliphatic rings. The number of sulfone groups is 1. The number of hydrogen-bond acceptors (Lipinski definition) is 9. The summed E-state index contributed by atoms with van der Waals surface area (Å²) in [7, 11) is -3.16. The Kier molecular flexibility index (Phi) is 7.29. The van der Waals surface area contributed by atoms with Crippen molar-refractivity contribution >= 4 is 39.1 Å². The number of hydrogen-bond donors (Lipinski definition) is 2. The van der Waals surface area contributed by atoms with Gasteiger partial charge in [0.05, 0.1) is 28.2 Å². The fraction of sp³-hybridized carbons (Fsp3) is 0.400. The van der Waals surface area contributed by atoms with Gasteiger partial charge >= 0.3 is 5.97 Å². The summed E-state index contributed by atoms with van der Waals surface area (Å²) in [6.07, 6.45) is 0.378. The van der Waals surface area contributed by atoms with Crippen LogP contribution in [0.3, 0.4) is 0 Å². The van der Waals surface area contributed by atoms with Crippen molar-refractivity contribution < 1.29 is 32.5 Å². The fourth-order valence-corrected chi connectivity index (χ4v) is 5.09. The maximum absolute atomic E-state index is 12.3. The average Bonchev–Trinajstić information content (AvgIpc) is 3.32. The van der Waals surface area contributed by atoms with Crippen LogP contribution in [-0.2, 0) is 24.2 Å². The molecule has 34 heavy (non-hydrogen) atoms. The van der Waals surface area contributed by atoms with Crippen molar-refractivity contribution in [1.29, 1.82) is 0 Å². The van der Waals surface area contributed by atoms with Gasteiger partial charge in [0.25, 0.3) is 17.5 Å². The van der Waals surface area contributed by atoms with Crippen molar-refractivity contribution in [2.24, 2.45) is 0 Å². The van der Waals surface area contributed by atoms with E-state index >= 15 is 0 Å². The Labute approximate surface area is 194 Å². The number of non-ortho nitro benzene ring substituents is 1. The molecule has 2 heterocycles. The Balaban J connectivity index is 1.53. The SMILES string of the molecule is Cc1cc(NC(=O)COC(=O)[C@H](C)NC(=O)c2cccc([N+](=O)[O-])c2)n(C2CCS(=O)(=O)C2)n1. The second-order valence-electron chi connectivity index (χ2n) is 7.83. The van der Waals surface area contributed by atoms with Crippen LogP contribution in [0, 0.1) is 17.0 Å². The molecule has 1 aromatic carbocycles. The Morgan fingerprint density at radius 1 is 1.32 bits per heavy atom. The number of ether oxygens (including phenoxy) is 1. The third kappa shape index (κ3) is 6.15. The Morgan fingerprint density at radius 2 is 2.06 bits per heavy atom. The van der Waals surface area contributed by atoms with Crippen molar-refractivity contribution in [3.8, 4) is 0 Å². The zero-order valence-electron chi connectivity index (χ0n) is 18.4. The predicted molar refractivity (Wildman–Crippen MR) is 119 cm³/mol. The van der Waals surface area contributed by atoms with E-state index in [1.54, 1.807) is 13.0 Å². The molecule has 2 amide bonds. The quantitative estimate of drug-likeness (QED) is 0.305. The Bertz CT molecular complexity index is 1240. The lowest BCUT2D eigenvalue weighted by Crippen LogP contribution is -2.40. The first kappa shape index (κ1) is 24.8. The van der Waals surface area contributed by atoms with Gasteiger partial charge in [0, 0.05) is 23.8 Å². The molecule has 0 bridgehead atoms. The van der Waals surface area contributed by atoms with E-state index in [1.807, 2.05) is 0 Å². The lowest BCUT2D eigenvalue weighted by Gasteiger charge is -2.15. The largest absolute Gasteiger partial charge is 0.454 e. The van der Waals surface area contributed by atoms with Gasteiger partial charge in [-0.15, -0.1) is 0 Å². The molecule has 3 rings (SSSR count). The van der Waals surface area contributed by atoms with Crippen molar-refractivity contribution in [2.45, 2.75) is 32.4 Å². The molecule has 182 valence electrons. The predicted octanol–water partition coefficient (Wildman–Crippen LogP) is 0.760. The number of nitro groups is 1. The zero-order chi connectivity index (χ0) is 25.0. The standard InChI is InChI=1S/C20H23N5O8S/c1-12-8-17(24(23-12)16-6-7-34(31,32)11-16)22-18(26)10-33-20(28)13(2)21-19(27)14-4-3-5-15(9-14)25(29)30/h3-5,8-9,13,16H,6-7,10-11H2,1-2H3,(H,21,27)(H,22,26)/t13-,16?/m0/s1. The van der Waals surface area contributed by atoms with Gasteiger partial charge in [0.2, 0.25) is 0 Å². The molecule has 1 saturated heterocycles. The third-order valence-electron chi connectivity index (χ3n) is 5.05. The molecule has 1 aliphatic heterocycles. The van der Waals surface area contributed by atoms with Crippen molar-refractivity contribution in [3.05, 3.63) is 51.7 Å². The summed E-state index contributed by atoms with van der Waals surface area (Å²) in [6.45, 7) is 2.39. The number of amides is 2. The van der Waals surface area contributed by atoms with Gasteiger partial charge in [-0.2, -0.15) is 5.10 Å². The van der Waals surface area contributed by atoms with Gasteiger partial charge in [-0.05, 0) is 26.3 Å². The van der Waals surface area contributed by atoms with Gasteiger partial charge in [0.1, 0.15) is 11.9 Å². The Morgan fingerprint density at radius 3 is 2.71 bits per heavy atom. The molecule has 0 saturated carbocycles. The molecule has 2 N–H and O–H groups in total. The number of esters is 1. The maximum Gasteiger partial charge on any atom is 0.328 e. The van der Waals surface area contributed by atoms with Gasteiger partial charge in [0.15, 0.2) is 16.4 Å². The monoisotopic (exact) mass is 493 g/mol. The third-order valence-corrected chi connectivity index (χ3v) is 6.80. The minimum absolute atomic E-state index is 0.0100. The summed E-state index contributed by atoms with van der Waals surface area (Å²) in [5.41, 5.74) is 0.294. The van der Waals surface area contributed by atoms with Crippen LogP contribution >= 0.6 is 0 Å². The van der Waals surface area contributed by atoms with Crippen LogP contribution in [-0.4, -0.2) is 65.1 Å². The lowest BCUT2D eigenvalue weighted by atomic mass is 10.2. The number of benzene rings is 1. The van der Waals surface area contributed by atoms with Crippen LogP contribution in [0.5, 0.6) is 0 Å². The molecule has 2 aromatic rings. The first-order chi connectivity index (χ1) is 15.9. The smallest absolute Gasteiger partial charge is 0.328 e. The number of carbonyl (C=O) groups is 3. The second-order valence-corrected chi connectivity index (χ2v) is 10.1. The maximum atomic E-state index is 12.3. The number of aryl methyl sites for hydroxylation is 1. The molecule has 1 unspecified atom stereocenters. The molecule has 0 spiro atoms. The number of nitrogens with one attached hydrogen (secondary N) is 2. The molecule has 0 radical (unpaired) electrons. The van der Waals surface area contributed by atoms with Gasteiger partial charge < -0.3 is 15.4 Å². The zero-order valence-corrected chi connectivity index (χ0v) is 19.2. The van der Waals surface area contributed by atoms with Crippen LogP contribution in [0.25, 0.3) is 0 Å². The summed E-state index contributed by atoms with van der Waals surface area (Å²) in [5.74, 6) is -2.03. The van der Waals surface area contributed by atoms with Gasteiger partial charge in [-0.25, -0.2) is 17.9 Å². The molecular formula is C20H23N5O8S. The van der Waals surface area contributed by atoms with E-state index in [4.69, 9.17) is 4.74 Å². The van der Waals surface area contributed by atoms with E-state index < -0.39 is 51.2 Å². The summed E-state index contributed by atoms with van der Waals surface area (Å²) < 4.78 is 29.9. The molecule has 1 aromatic heterocycles. The topological polar surface area (TPSA) is 180 Å². The van der Waals surface area contributed by atoms with E-state index in [0.29, 0.717) is 12.1 Å². The number of anilines is 1. The number of nitrogens with zero attached hydrogens (tertiary/aromatic N) is 3. The Hall–Kier alpha value is -3.81. The highest BCUT2D eigenvalue weighted by molar-refractivity contribution is 7.91. The summed E-state index contributed by atoms with van der Waals surface area (Å²) in [5, 5.41) is 20.0. The van der Waals surface area contributed by atoms with Crippen LogP contribution < -0.4 is 10.6 Å². The number of carbonyl (C=O) groups excluding carboxylic acids is 3. The average molecular weight is 493 g/mol. The lowest BCUT2D eigenvalue weighted by molar-refractivity contribution is -0.384. The van der Waals surface area contributed by atoms with Gasteiger partial charge in [-0.1, -0.05) is 6.07 Å². The molecule has 0 aliphatic carbocycles.